The smallest absolute Gasteiger partial charge is 0.338 e. The van der Waals surface area contributed by atoms with E-state index < -0.39 is 4.46 Å². The second-order valence-corrected chi connectivity index (χ2v) is 9.97. The number of halogens is 3. The minimum Gasteiger partial charge on any atom is -0.458 e. The lowest BCUT2D eigenvalue weighted by molar-refractivity contribution is -0.125. The van der Waals surface area contributed by atoms with Gasteiger partial charge in [-0.05, 0) is 31.6 Å². The molecular formula is C22H28Cl3NO4. The van der Waals surface area contributed by atoms with Crippen LogP contribution in [0.5, 0.6) is 0 Å². The Hall–Kier alpha value is -0.850. The number of esters is 1. The van der Waals surface area contributed by atoms with Crippen LogP contribution in [0.4, 0.5) is 0 Å². The zero-order valence-electron chi connectivity index (χ0n) is 17.5. The van der Waals surface area contributed by atoms with Crippen molar-refractivity contribution in [3.8, 4) is 0 Å². The second-order valence-electron chi connectivity index (χ2n) is 8.26. The average molecular weight is 477 g/mol. The van der Waals surface area contributed by atoms with E-state index in [9.17, 15) is 9.59 Å². The molecule has 4 atom stereocenters. The molecule has 1 aromatic rings. The molecule has 2 aliphatic carbocycles. The summed E-state index contributed by atoms with van der Waals surface area (Å²) in [5, 5.41) is 0. The quantitative estimate of drug-likeness (QED) is 0.258. The molecule has 1 aromatic carbocycles. The zero-order chi connectivity index (χ0) is 22.2. The number of ether oxygens (including phenoxy) is 2. The summed E-state index contributed by atoms with van der Waals surface area (Å²) >= 11 is 17.2. The van der Waals surface area contributed by atoms with E-state index in [4.69, 9.17) is 44.3 Å². The number of hydrogen-bond acceptors (Lipinski definition) is 5. The van der Waals surface area contributed by atoms with Gasteiger partial charge < -0.3 is 9.47 Å². The maximum atomic E-state index is 12.2. The molecule has 1 heterocycles. The first-order chi connectivity index (χ1) is 14.1. The van der Waals surface area contributed by atoms with E-state index in [0.717, 1.165) is 13.1 Å². The van der Waals surface area contributed by atoms with E-state index in [-0.39, 0.29) is 40.7 Å². The highest BCUT2D eigenvalue weighted by Crippen LogP contribution is 2.67. The maximum Gasteiger partial charge on any atom is 0.338 e. The summed E-state index contributed by atoms with van der Waals surface area (Å²) in [6, 6.07) is 8.97. The van der Waals surface area contributed by atoms with Gasteiger partial charge >= 0.3 is 5.97 Å². The third-order valence-corrected chi connectivity index (χ3v) is 8.13. The number of carbonyl (C=O) groups excluding carboxylic acids is 2. The van der Waals surface area contributed by atoms with Gasteiger partial charge in [0.25, 0.3) is 0 Å². The summed E-state index contributed by atoms with van der Waals surface area (Å²) in [6.07, 6.45) is 0.846. The van der Waals surface area contributed by atoms with Gasteiger partial charge in [0, 0.05) is 11.8 Å². The Morgan fingerprint density at radius 1 is 1.27 bits per heavy atom. The molecule has 3 aliphatic rings. The van der Waals surface area contributed by atoms with Crippen LogP contribution in [-0.4, -0.2) is 58.4 Å². The van der Waals surface area contributed by atoms with Crippen molar-refractivity contribution < 1.29 is 19.1 Å². The van der Waals surface area contributed by atoms with E-state index in [1.807, 2.05) is 43.9 Å². The highest BCUT2D eigenvalue weighted by molar-refractivity contribution is 6.51. The van der Waals surface area contributed by atoms with Gasteiger partial charge in [0.05, 0.1) is 24.0 Å². The lowest BCUT2D eigenvalue weighted by Gasteiger charge is -2.31. The molecule has 4 rings (SSSR count). The summed E-state index contributed by atoms with van der Waals surface area (Å²) in [5.74, 6) is 0.100. The van der Waals surface area contributed by atoms with Crippen LogP contribution in [0.25, 0.3) is 0 Å². The first kappa shape index (κ1) is 23.8. The van der Waals surface area contributed by atoms with Crippen LogP contribution in [0, 0.1) is 11.3 Å². The van der Waals surface area contributed by atoms with Crippen molar-refractivity contribution in [1.82, 2.24) is 4.90 Å². The fraction of sp³-hybridized carbons (Fsp3) is 0.636. The number of Topliss-reactive ketones (excluding diaryl/α,β-unsaturated/α-hetero) is 1. The lowest BCUT2D eigenvalue weighted by atomic mass is 9.79. The first-order valence-electron chi connectivity index (χ1n) is 10.3. The van der Waals surface area contributed by atoms with Crippen LogP contribution in [0.15, 0.2) is 30.3 Å². The Morgan fingerprint density at radius 2 is 1.87 bits per heavy atom. The van der Waals surface area contributed by atoms with Crippen molar-refractivity contribution in [3.63, 3.8) is 0 Å². The monoisotopic (exact) mass is 475 g/mol. The fourth-order valence-corrected chi connectivity index (χ4v) is 5.45. The molecular weight excluding hydrogens is 449 g/mol. The van der Waals surface area contributed by atoms with E-state index in [1.54, 1.807) is 12.1 Å². The summed E-state index contributed by atoms with van der Waals surface area (Å²) in [5.41, 5.74) is -0.138. The summed E-state index contributed by atoms with van der Waals surface area (Å²) in [4.78, 5) is 26.1. The second kappa shape index (κ2) is 8.95. The van der Waals surface area contributed by atoms with E-state index in [0.29, 0.717) is 25.0 Å². The number of carbonyl (C=O) groups is 2. The van der Waals surface area contributed by atoms with Crippen LogP contribution in [-0.2, 0) is 14.3 Å². The third kappa shape index (κ3) is 4.12. The van der Waals surface area contributed by atoms with Gasteiger partial charge in [-0.15, -0.1) is 11.6 Å². The zero-order valence-corrected chi connectivity index (χ0v) is 19.8. The van der Waals surface area contributed by atoms with Crippen molar-refractivity contribution in [2.75, 3.05) is 25.6 Å². The summed E-state index contributed by atoms with van der Waals surface area (Å²) < 4.78 is 10.4. The molecule has 1 saturated heterocycles. The predicted octanol–water partition coefficient (Wildman–Crippen LogP) is 4.68. The number of ketones is 1. The van der Waals surface area contributed by atoms with E-state index in [1.165, 1.54) is 0 Å². The van der Waals surface area contributed by atoms with Crippen molar-refractivity contribution in [1.29, 1.82) is 0 Å². The minimum atomic E-state index is -0.898. The van der Waals surface area contributed by atoms with Crippen LogP contribution >= 0.6 is 34.8 Å². The molecule has 5 nitrogen and oxygen atoms in total. The van der Waals surface area contributed by atoms with Gasteiger partial charge in [0.2, 0.25) is 0 Å². The van der Waals surface area contributed by atoms with Crippen LogP contribution < -0.4 is 0 Å². The number of benzene rings is 1. The molecule has 2 saturated carbocycles. The maximum absolute atomic E-state index is 12.2. The largest absolute Gasteiger partial charge is 0.458 e. The average Bonchev–Trinajstić information content (AvgIpc) is 3.47. The summed E-state index contributed by atoms with van der Waals surface area (Å²) in [6.45, 7) is 8.27. The first-order valence-corrected chi connectivity index (χ1v) is 11.6. The molecule has 0 radical (unpaired) electrons. The standard InChI is InChI=1S/C16H16O4.C6H12Cl3N/c1-15-8-12(17)11(16(15)9-19-16)7-13(15)20-14(18)10-5-3-2-4-6-10;1-3-10(4-2)6(8,9)5-7/h2-6,11,13H,7-9H2,1H3;3-5H2,1-2H3/t11-,13-,15+,16+;/m1./s1. The Morgan fingerprint density at radius 3 is 2.30 bits per heavy atom. The number of nitrogens with zero attached hydrogens (tertiary/aromatic N) is 1. The molecule has 0 N–H and O–H groups in total. The molecule has 2 bridgehead atoms. The van der Waals surface area contributed by atoms with Crippen molar-refractivity contribution in [2.45, 2.75) is 49.8 Å². The van der Waals surface area contributed by atoms with E-state index in [2.05, 4.69) is 0 Å². The highest BCUT2D eigenvalue weighted by atomic mass is 35.5. The number of hydrogen-bond donors (Lipinski definition) is 0. The van der Waals surface area contributed by atoms with Crippen LogP contribution in [0.2, 0.25) is 0 Å². The van der Waals surface area contributed by atoms with Crippen molar-refractivity contribution in [2.24, 2.45) is 11.3 Å². The Balaban J connectivity index is 0.000000220. The number of alkyl halides is 3. The van der Waals surface area contributed by atoms with Gasteiger partial charge in [0.15, 0.2) is 4.46 Å². The van der Waals surface area contributed by atoms with Gasteiger partial charge in [0.1, 0.15) is 17.5 Å². The Bertz CT molecular complexity index is 780. The van der Waals surface area contributed by atoms with Gasteiger partial charge in [-0.1, -0.05) is 62.2 Å². The van der Waals surface area contributed by atoms with Gasteiger partial charge in [-0.2, -0.15) is 0 Å². The number of epoxide rings is 1. The minimum absolute atomic E-state index is 0.0823. The third-order valence-electron chi connectivity index (χ3n) is 6.72. The highest BCUT2D eigenvalue weighted by Gasteiger charge is 2.78. The molecule has 1 aliphatic heterocycles. The molecule has 3 fully saturated rings. The normalized spacial score (nSPS) is 31.6. The summed E-state index contributed by atoms with van der Waals surface area (Å²) in [7, 11) is 0. The molecule has 0 unspecified atom stereocenters. The molecule has 0 amide bonds. The van der Waals surface area contributed by atoms with Crippen molar-refractivity contribution in [3.05, 3.63) is 35.9 Å². The molecule has 8 heteroatoms. The molecule has 1 spiro atoms. The molecule has 30 heavy (non-hydrogen) atoms. The molecule has 0 aromatic heterocycles. The fourth-order valence-electron chi connectivity index (χ4n) is 4.80. The van der Waals surface area contributed by atoms with Crippen LogP contribution in [0.1, 0.15) is 44.0 Å². The Kier molecular flexibility index (Phi) is 7.10. The SMILES string of the molecule is CCN(CC)C(Cl)(Cl)CCl.C[C@]12CC(=O)[C@@H](C[C@H]1OC(=O)c1ccccc1)[C@@]21CO1. The van der Waals surface area contributed by atoms with E-state index >= 15 is 0 Å². The van der Waals surface area contributed by atoms with Crippen molar-refractivity contribution >= 4 is 46.6 Å². The molecule has 166 valence electrons. The Labute approximate surface area is 192 Å². The lowest BCUT2D eigenvalue weighted by Crippen LogP contribution is -2.40. The predicted molar refractivity (Wildman–Crippen MR) is 118 cm³/mol. The van der Waals surface area contributed by atoms with Gasteiger partial charge in [-0.3, -0.25) is 9.69 Å². The topological polar surface area (TPSA) is 59.1 Å². The van der Waals surface area contributed by atoms with Crippen LogP contribution in [0.3, 0.4) is 0 Å². The van der Waals surface area contributed by atoms with Gasteiger partial charge in [-0.25, -0.2) is 4.79 Å². The number of rotatable bonds is 6.